The van der Waals surface area contributed by atoms with Crippen LogP contribution in [-0.4, -0.2) is 40.3 Å². The number of aromatic hydroxyl groups is 1. The van der Waals surface area contributed by atoms with E-state index in [1.54, 1.807) is 19.2 Å². The molecule has 0 aliphatic carbocycles. The number of nitrogens with zero attached hydrogens (tertiary/aromatic N) is 3. The molecule has 0 aliphatic rings. The minimum Gasteiger partial charge on any atom is -0.504 e. The smallest absolute Gasteiger partial charge is 0.274 e. The molecule has 1 amide bonds. The van der Waals surface area contributed by atoms with Gasteiger partial charge in [-0.1, -0.05) is 17.7 Å². The van der Waals surface area contributed by atoms with Crippen molar-refractivity contribution in [2.75, 3.05) is 14.2 Å². The molecule has 1 aromatic carbocycles. The van der Waals surface area contributed by atoms with Gasteiger partial charge in [-0.15, -0.1) is 10.2 Å². The Hall–Kier alpha value is -2.34. The van der Waals surface area contributed by atoms with E-state index >= 15 is 0 Å². The van der Waals surface area contributed by atoms with Gasteiger partial charge >= 0.3 is 0 Å². The number of rotatable bonds is 4. The van der Waals surface area contributed by atoms with Crippen molar-refractivity contribution in [2.45, 2.75) is 6.54 Å². The second-order valence-electron chi connectivity index (χ2n) is 4.41. The summed E-state index contributed by atoms with van der Waals surface area (Å²) in [5.41, 5.74) is 1.04. The number of methoxy groups -OCH3 is 1. The van der Waals surface area contributed by atoms with Gasteiger partial charge in [0.05, 0.1) is 7.11 Å². The fourth-order valence-corrected chi connectivity index (χ4v) is 1.89. The number of hydrogen-bond acceptors (Lipinski definition) is 5. The van der Waals surface area contributed by atoms with Crippen molar-refractivity contribution in [1.29, 1.82) is 0 Å². The number of amides is 1. The maximum absolute atomic E-state index is 12.2. The summed E-state index contributed by atoms with van der Waals surface area (Å²) in [6.45, 7) is 0.347. The van der Waals surface area contributed by atoms with Crippen LogP contribution in [-0.2, 0) is 6.54 Å². The zero-order chi connectivity index (χ0) is 15.4. The van der Waals surface area contributed by atoms with Gasteiger partial charge in [-0.25, -0.2) is 0 Å². The predicted octanol–water partition coefficient (Wildman–Crippen LogP) is 2.12. The first kappa shape index (κ1) is 15.1. The molecule has 0 aliphatic heterocycles. The number of hydrogen-bond donors (Lipinski definition) is 1. The highest BCUT2D eigenvalue weighted by molar-refractivity contribution is 6.29. The molecule has 1 N–H and O–H groups in total. The van der Waals surface area contributed by atoms with Crippen molar-refractivity contribution in [1.82, 2.24) is 15.1 Å². The second-order valence-corrected chi connectivity index (χ2v) is 4.80. The minimum absolute atomic E-state index is 0.0544. The summed E-state index contributed by atoms with van der Waals surface area (Å²) in [5.74, 6) is 0.143. The van der Waals surface area contributed by atoms with Crippen LogP contribution in [0.4, 0.5) is 0 Å². The van der Waals surface area contributed by atoms with Crippen LogP contribution in [0.3, 0.4) is 0 Å². The van der Waals surface area contributed by atoms with Crippen molar-refractivity contribution < 1.29 is 14.6 Å². The summed E-state index contributed by atoms with van der Waals surface area (Å²) in [6.07, 6.45) is 0. The Bertz CT molecular complexity index is 646. The van der Waals surface area contributed by atoms with Crippen molar-refractivity contribution in [3.63, 3.8) is 0 Å². The average molecular weight is 308 g/mol. The quantitative estimate of drug-likeness (QED) is 0.936. The molecular formula is C14H14ClN3O3. The number of carbonyl (C=O) groups is 1. The van der Waals surface area contributed by atoms with Gasteiger partial charge < -0.3 is 14.7 Å². The molecule has 0 fully saturated rings. The first-order chi connectivity index (χ1) is 10.0. The molecule has 0 spiro atoms. The molecule has 0 saturated heterocycles. The summed E-state index contributed by atoms with van der Waals surface area (Å²) >= 11 is 5.64. The first-order valence-corrected chi connectivity index (χ1v) is 6.49. The maximum atomic E-state index is 12.2. The molecule has 7 heteroatoms. The van der Waals surface area contributed by atoms with Crippen LogP contribution >= 0.6 is 11.6 Å². The van der Waals surface area contributed by atoms with Crippen LogP contribution in [0.1, 0.15) is 16.1 Å². The standard InChI is InChI=1S/C14H14ClN3O3/c1-18(14(20)10-4-6-13(15)17-16-10)8-9-3-5-11(19)12(7-9)21-2/h3-7,19H,8H2,1-2H3. The van der Waals surface area contributed by atoms with Crippen LogP contribution < -0.4 is 4.74 Å². The summed E-state index contributed by atoms with van der Waals surface area (Å²) < 4.78 is 5.04. The van der Waals surface area contributed by atoms with Crippen LogP contribution in [0.5, 0.6) is 11.5 Å². The molecule has 0 bridgehead atoms. The van der Waals surface area contributed by atoms with Gasteiger partial charge in [0.25, 0.3) is 5.91 Å². The van der Waals surface area contributed by atoms with Gasteiger partial charge in [0.15, 0.2) is 22.3 Å². The highest BCUT2D eigenvalue weighted by atomic mass is 35.5. The third-order valence-electron chi connectivity index (χ3n) is 2.86. The highest BCUT2D eigenvalue weighted by Crippen LogP contribution is 2.26. The van der Waals surface area contributed by atoms with Crippen LogP contribution in [0.2, 0.25) is 5.15 Å². The Balaban J connectivity index is 2.12. The lowest BCUT2D eigenvalue weighted by Crippen LogP contribution is -2.27. The molecule has 0 atom stereocenters. The van der Waals surface area contributed by atoms with E-state index in [9.17, 15) is 9.90 Å². The fraction of sp³-hybridized carbons (Fsp3) is 0.214. The molecule has 110 valence electrons. The predicted molar refractivity (Wildman–Crippen MR) is 77.5 cm³/mol. The van der Waals surface area contributed by atoms with E-state index in [0.717, 1.165) is 5.56 Å². The normalized spacial score (nSPS) is 10.2. The van der Waals surface area contributed by atoms with Crippen molar-refractivity contribution in [2.24, 2.45) is 0 Å². The van der Waals surface area contributed by atoms with Crippen LogP contribution in [0, 0.1) is 0 Å². The van der Waals surface area contributed by atoms with Gasteiger partial charge in [0.2, 0.25) is 0 Å². The number of carbonyl (C=O) groups excluding carboxylic acids is 1. The zero-order valence-corrected chi connectivity index (χ0v) is 12.3. The zero-order valence-electron chi connectivity index (χ0n) is 11.6. The number of halogens is 1. The van der Waals surface area contributed by atoms with E-state index in [0.29, 0.717) is 12.3 Å². The number of phenols is 1. The van der Waals surface area contributed by atoms with Crippen LogP contribution in [0.25, 0.3) is 0 Å². The molecule has 0 saturated carbocycles. The summed E-state index contributed by atoms with van der Waals surface area (Å²) in [7, 11) is 3.12. The van der Waals surface area contributed by atoms with E-state index in [-0.39, 0.29) is 22.5 Å². The first-order valence-electron chi connectivity index (χ1n) is 6.12. The molecule has 2 rings (SSSR count). The molecule has 21 heavy (non-hydrogen) atoms. The Morgan fingerprint density at radius 1 is 1.33 bits per heavy atom. The third-order valence-corrected chi connectivity index (χ3v) is 3.06. The molecule has 0 unspecified atom stereocenters. The summed E-state index contributed by atoms with van der Waals surface area (Å²) in [6, 6.07) is 7.95. The van der Waals surface area contributed by atoms with Gasteiger partial charge in [-0.2, -0.15) is 0 Å². The van der Waals surface area contributed by atoms with E-state index < -0.39 is 0 Å². The van der Waals surface area contributed by atoms with Crippen molar-refractivity contribution >= 4 is 17.5 Å². The highest BCUT2D eigenvalue weighted by Gasteiger charge is 2.15. The monoisotopic (exact) mass is 307 g/mol. The van der Waals surface area contributed by atoms with Gasteiger partial charge in [0.1, 0.15) is 0 Å². The van der Waals surface area contributed by atoms with E-state index in [1.807, 2.05) is 0 Å². The lowest BCUT2D eigenvalue weighted by atomic mass is 10.2. The molecule has 1 heterocycles. The van der Waals surface area contributed by atoms with Gasteiger partial charge in [-0.3, -0.25) is 4.79 Å². The van der Waals surface area contributed by atoms with Gasteiger partial charge in [0, 0.05) is 13.6 Å². The van der Waals surface area contributed by atoms with Crippen molar-refractivity contribution in [3.05, 3.63) is 46.7 Å². The second kappa shape index (κ2) is 6.41. The lowest BCUT2D eigenvalue weighted by Gasteiger charge is -2.17. The maximum Gasteiger partial charge on any atom is 0.274 e. The van der Waals surface area contributed by atoms with Crippen molar-refractivity contribution in [3.8, 4) is 11.5 Å². The third kappa shape index (κ3) is 3.61. The average Bonchev–Trinajstić information content (AvgIpc) is 2.49. The molecule has 6 nitrogen and oxygen atoms in total. The van der Waals surface area contributed by atoms with E-state index in [1.165, 1.54) is 30.2 Å². The Labute approximate surface area is 126 Å². The minimum atomic E-state index is -0.272. The molecule has 2 aromatic rings. The molecule has 0 radical (unpaired) electrons. The number of ether oxygens (including phenoxy) is 1. The van der Waals surface area contributed by atoms with Crippen LogP contribution in [0.15, 0.2) is 30.3 Å². The fourth-order valence-electron chi connectivity index (χ4n) is 1.79. The largest absolute Gasteiger partial charge is 0.504 e. The topological polar surface area (TPSA) is 75.5 Å². The molecular weight excluding hydrogens is 294 g/mol. The number of phenolic OH excluding ortho intramolecular Hbond substituents is 1. The molecule has 1 aromatic heterocycles. The van der Waals surface area contributed by atoms with E-state index in [4.69, 9.17) is 16.3 Å². The Morgan fingerprint density at radius 3 is 2.71 bits per heavy atom. The summed E-state index contributed by atoms with van der Waals surface area (Å²) in [5, 5.41) is 17.2. The lowest BCUT2D eigenvalue weighted by molar-refractivity contribution is 0.0778. The Morgan fingerprint density at radius 2 is 2.10 bits per heavy atom. The Kier molecular flexibility index (Phi) is 4.59. The number of benzene rings is 1. The van der Waals surface area contributed by atoms with E-state index in [2.05, 4.69) is 10.2 Å². The SMILES string of the molecule is COc1cc(CN(C)C(=O)c2ccc(Cl)nn2)ccc1O. The number of aromatic nitrogens is 2. The van der Waals surface area contributed by atoms with Gasteiger partial charge in [-0.05, 0) is 29.8 Å². The summed E-state index contributed by atoms with van der Waals surface area (Å²) in [4.78, 5) is 13.7.